The van der Waals surface area contributed by atoms with Crippen LogP contribution in [0.5, 0.6) is 5.75 Å². The van der Waals surface area contributed by atoms with Gasteiger partial charge in [0.25, 0.3) is 0 Å². The van der Waals surface area contributed by atoms with Crippen LogP contribution in [-0.4, -0.2) is 49.0 Å². The minimum atomic E-state index is -0.474. The first kappa shape index (κ1) is 18.4. The van der Waals surface area contributed by atoms with Gasteiger partial charge in [-0.05, 0) is 41.8 Å². The van der Waals surface area contributed by atoms with Crippen molar-refractivity contribution in [2.45, 2.75) is 19.1 Å². The highest BCUT2D eigenvalue weighted by molar-refractivity contribution is 9.10. The van der Waals surface area contributed by atoms with Crippen molar-refractivity contribution in [1.29, 1.82) is 0 Å². The lowest BCUT2D eigenvalue weighted by atomic mass is 10.00. The topological polar surface area (TPSA) is 41.9 Å². The number of aliphatic hydroxyl groups is 1. The Kier molecular flexibility index (Phi) is 6.87. The maximum Gasteiger partial charge on any atom is 0.119 e. The van der Waals surface area contributed by atoms with Crippen LogP contribution in [0.1, 0.15) is 11.1 Å². The second kappa shape index (κ2) is 9.34. The number of hydrogen-bond acceptors (Lipinski definition) is 4. The SMILES string of the molecule is O[C@H](COCCOc1ccc(Br)cc1)CN1CCc2ccccc2C1. The van der Waals surface area contributed by atoms with Crippen LogP contribution in [0, 0.1) is 0 Å². The minimum Gasteiger partial charge on any atom is -0.491 e. The molecule has 25 heavy (non-hydrogen) atoms. The molecule has 0 unspecified atom stereocenters. The van der Waals surface area contributed by atoms with Gasteiger partial charge in [-0.15, -0.1) is 0 Å². The van der Waals surface area contributed by atoms with Gasteiger partial charge < -0.3 is 14.6 Å². The Bertz CT molecular complexity index is 662. The summed E-state index contributed by atoms with van der Waals surface area (Å²) in [5.41, 5.74) is 2.79. The van der Waals surface area contributed by atoms with Gasteiger partial charge in [0, 0.05) is 24.1 Å². The molecule has 5 heteroatoms. The molecule has 1 heterocycles. The van der Waals surface area contributed by atoms with Crippen molar-refractivity contribution in [3.05, 3.63) is 64.1 Å². The molecule has 0 amide bonds. The van der Waals surface area contributed by atoms with Gasteiger partial charge in [0.2, 0.25) is 0 Å². The first-order valence-electron chi connectivity index (χ1n) is 8.64. The Morgan fingerprint density at radius 1 is 1.04 bits per heavy atom. The average Bonchev–Trinajstić information content (AvgIpc) is 2.63. The highest BCUT2D eigenvalue weighted by Crippen LogP contribution is 2.18. The van der Waals surface area contributed by atoms with E-state index in [1.807, 2.05) is 24.3 Å². The summed E-state index contributed by atoms with van der Waals surface area (Å²) in [4.78, 5) is 2.29. The van der Waals surface area contributed by atoms with E-state index in [1.165, 1.54) is 11.1 Å². The van der Waals surface area contributed by atoms with E-state index < -0.39 is 6.10 Å². The Morgan fingerprint density at radius 2 is 1.80 bits per heavy atom. The van der Waals surface area contributed by atoms with Crippen LogP contribution in [0.25, 0.3) is 0 Å². The molecular formula is C20H24BrNO3. The van der Waals surface area contributed by atoms with E-state index >= 15 is 0 Å². The highest BCUT2D eigenvalue weighted by Gasteiger charge is 2.18. The predicted octanol–water partition coefficient (Wildman–Crippen LogP) is 3.26. The van der Waals surface area contributed by atoms with E-state index in [-0.39, 0.29) is 0 Å². The van der Waals surface area contributed by atoms with Crippen LogP contribution < -0.4 is 4.74 Å². The molecule has 3 rings (SSSR count). The molecule has 1 aliphatic heterocycles. The molecule has 134 valence electrons. The maximum atomic E-state index is 10.2. The first-order valence-corrected chi connectivity index (χ1v) is 9.43. The van der Waals surface area contributed by atoms with Crippen molar-refractivity contribution >= 4 is 15.9 Å². The molecule has 0 saturated heterocycles. The fourth-order valence-corrected chi connectivity index (χ4v) is 3.29. The summed E-state index contributed by atoms with van der Waals surface area (Å²) < 4.78 is 12.2. The van der Waals surface area contributed by atoms with E-state index in [4.69, 9.17) is 9.47 Å². The van der Waals surface area contributed by atoms with Crippen LogP contribution >= 0.6 is 15.9 Å². The van der Waals surface area contributed by atoms with Crippen molar-refractivity contribution < 1.29 is 14.6 Å². The summed E-state index contributed by atoms with van der Waals surface area (Å²) in [6.07, 6.45) is 0.572. The minimum absolute atomic E-state index is 0.335. The van der Waals surface area contributed by atoms with Crippen molar-refractivity contribution in [2.24, 2.45) is 0 Å². The summed E-state index contributed by atoms with van der Waals surface area (Å²) in [7, 11) is 0. The molecule has 0 radical (unpaired) electrons. The first-order chi connectivity index (χ1) is 12.2. The third-order valence-electron chi connectivity index (χ3n) is 4.30. The molecule has 0 fully saturated rings. The van der Waals surface area contributed by atoms with Crippen LogP contribution in [0.2, 0.25) is 0 Å². The molecule has 0 aliphatic carbocycles. The van der Waals surface area contributed by atoms with Gasteiger partial charge in [0.05, 0.1) is 19.3 Å². The molecule has 1 aliphatic rings. The van der Waals surface area contributed by atoms with Crippen LogP contribution in [0.3, 0.4) is 0 Å². The molecule has 4 nitrogen and oxygen atoms in total. The summed E-state index contributed by atoms with van der Waals surface area (Å²) in [6, 6.07) is 16.2. The van der Waals surface area contributed by atoms with E-state index in [2.05, 4.69) is 45.1 Å². The molecule has 0 spiro atoms. The van der Waals surface area contributed by atoms with E-state index in [9.17, 15) is 5.11 Å². The molecule has 1 atom stereocenters. The lowest BCUT2D eigenvalue weighted by Gasteiger charge is -2.30. The Hall–Kier alpha value is -1.40. The van der Waals surface area contributed by atoms with Gasteiger partial charge in [-0.25, -0.2) is 0 Å². The quantitative estimate of drug-likeness (QED) is 0.684. The van der Waals surface area contributed by atoms with Gasteiger partial charge >= 0.3 is 0 Å². The lowest BCUT2D eigenvalue weighted by Crippen LogP contribution is -2.38. The summed E-state index contributed by atoms with van der Waals surface area (Å²) in [5, 5.41) is 10.2. The number of hydrogen-bond donors (Lipinski definition) is 1. The zero-order valence-electron chi connectivity index (χ0n) is 14.2. The number of rotatable bonds is 8. The second-order valence-electron chi connectivity index (χ2n) is 6.28. The van der Waals surface area contributed by atoms with Gasteiger partial charge in [-0.1, -0.05) is 40.2 Å². The van der Waals surface area contributed by atoms with Crippen molar-refractivity contribution in [2.75, 3.05) is 32.9 Å². The van der Waals surface area contributed by atoms with Gasteiger partial charge in [-0.2, -0.15) is 0 Å². The second-order valence-corrected chi connectivity index (χ2v) is 7.20. The number of benzene rings is 2. The fraction of sp³-hybridized carbons (Fsp3) is 0.400. The Labute approximate surface area is 157 Å². The third-order valence-corrected chi connectivity index (χ3v) is 4.83. The zero-order valence-corrected chi connectivity index (χ0v) is 15.8. The van der Waals surface area contributed by atoms with Gasteiger partial charge in [0.1, 0.15) is 12.4 Å². The van der Waals surface area contributed by atoms with Crippen molar-refractivity contribution in [3.8, 4) is 5.75 Å². The Morgan fingerprint density at radius 3 is 2.60 bits per heavy atom. The molecular weight excluding hydrogens is 382 g/mol. The number of ether oxygens (including phenoxy) is 2. The smallest absolute Gasteiger partial charge is 0.119 e. The molecule has 0 bridgehead atoms. The van der Waals surface area contributed by atoms with Crippen LogP contribution in [-0.2, 0) is 17.7 Å². The van der Waals surface area contributed by atoms with Crippen molar-refractivity contribution in [1.82, 2.24) is 4.90 Å². The van der Waals surface area contributed by atoms with Crippen molar-refractivity contribution in [3.63, 3.8) is 0 Å². The Balaban J connectivity index is 1.31. The molecule has 0 saturated carbocycles. The lowest BCUT2D eigenvalue weighted by molar-refractivity contribution is 0.00589. The summed E-state index contributed by atoms with van der Waals surface area (Å²) >= 11 is 3.39. The van der Waals surface area contributed by atoms with E-state index in [1.54, 1.807) is 0 Å². The van der Waals surface area contributed by atoms with E-state index in [0.29, 0.717) is 26.4 Å². The highest BCUT2D eigenvalue weighted by atomic mass is 79.9. The average molecular weight is 406 g/mol. The van der Waals surface area contributed by atoms with Crippen LogP contribution in [0.4, 0.5) is 0 Å². The molecule has 2 aromatic rings. The number of fused-ring (bicyclic) bond motifs is 1. The number of β-amino-alcohol motifs (C(OH)–C–C–N with tert-alkyl or cyclic N) is 1. The predicted molar refractivity (Wildman–Crippen MR) is 102 cm³/mol. The molecule has 1 N–H and O–H groups in total. The normalized spacial score (nSPS) is 15.6. The molecule has 2 aromatic carbocycles. The molecule has 0 aromatic heterocycles. The fourth-order valence-electron chi connectivity index (χ4n) is 3.03. The number of nitrogens with zero attached hydrogens (tertiary/aromatic N) is 1. The van der Waals surface area contributed by atoms with E-state index in [0.717, 1.165) is 29.7 Å². The standard InChI is InChI=1S/C20H24BrNO3/c21-18-5-7-20(8-6-18)25-12-11-24-15-19(23)14-22-10-9-16-3-1-2-4-17(16)13-22/h1-8,19,23H,9-15H2/t19-/m0/s1. The van der Waals surface area contributed by atoms with Crippen LogP contribution in [0.15, 0.2) is 53.0 Å². The van der Waals surface area contributed by atoms with Gasteiger partial charge in [0.15, 0.2) is 0 Å². The number of halogens is 1. The zero-order chi connectivity index (χ0) is 17.5. The monoisotopic (exact) mass is 405 g/mol. The summed E-state index contributed by atoms with van der Waals surface area (Å²) in [5.74, 6) is 0.819. The number of aliphatic hydroxyl groups excluding tert-OH is 1. The maximum absolute atomic E-state index is 10.2. The summed E-state index contributed by atoms with van der Waals surface area (Å²) in [6.45, 7) is 3.81. The third kappa shape index (κ3) is 5.82. The van der Waals surface area contributed by atoms with Gasteiger partial charge in [-0.3, -0.25) is 4.90 Å². The largest absolute Gasteiger partial charge is 0.491 e.